The average Bonchev–Trinajstić information content (AvgIpc) is 2.98. The molecule has 0 radical (unpaired) electrons. The van der Waals surface area contributed by atoms with E-state index in [2.05, 4.69) is 20.4 Å². The van der Waals surface area contributed by atoms with Crippen LogP contribution >= 0.6 is 0 Å². The topological polar surface area (TPSA) is 72.7 Å². The number of nitrogens with zero attached hydrogens (tertiary/aromatic N) is 4. The highest BCUT2D eigenvalue weighted by Crippen LogP contribution is 2.17. The molecule has 3 aromatic rings. The van der Waals surface area contributed by atoms with Gasteiger partial charge in [0.2, 0.25) is 0 Å². The second-order valence-electron chi connectivity index (χ2n) is 5.80. The molecule has 0 aliphatic heterocycles. The summed E-state index contributed by atoms with van der Waals surface area (Å²) in [6.07, 6.45) is 6.76. The van der Waals surface area contributed by atoms with Crippen molar-refractivity contribution >= 4 is 16.9 Å². The third-order valence-electron chi connectivity index (χ3n) is 3.74. The first-order valence-electron chi connectivity index (χ1n) is 7.60. The second-order valence-corrected chi connectivity index (χ2v) is 5.80. The standard InChI is InChI=1S/C17H19N5O/c1-11(2)22-16-14(10-20-22)8-15(9-19-16)17(23)21-12(3)13-4-6-18-7-5-13/h4-12H,1-3H3,(H,21,23)/t12-/m0/s1. The van der Waals surface area contributed by atoms with Crippen molar-refractivity contribution in [2.75, 3.05) is 0 Å². The van der Waals surface area contributed by atoms with Crippen molar-refractivity contribution in [2.24, 2.45) is 0 Å². The maximum Gasteiger partial charge on any atom is 0.253 e. The summed E-state index contributed by atoms with van der Waals surface area (Å²) in [5.41, 5.74) is 2.33. The van der Waals surface area contributed by atoms with Crippen LogP contribution < -0.4 is 5.32 Å². The van der Waals surface area contributed by atoms with E-state index in [1.54, 1.807) is 24.8 Å². The van der Waals surface area contributed by atoms with E-state index in [0.717, 1.165) is 16.6 Å². The zero-order chi connectivity index (χ0) is 16.4. The fourth-order valence-electron chi connectivity index (χ4n) is 2.46. The van der Waals surface area contributed by atoms with Gasteiger partial charge >= 0.3 is 0 Å². The molecule has 0 fully saturated rings. The number of pyridine rings is 2. The summed E-state index contributed by atoms with van der Waals surface area (Å²) in [6.45, 7) is 6.03. The number of rotatable bonds is 4. The van der Waals surface area contributed by atoms with Gasteiger partial charge in [0.25, 0.3) is 5.91 Å². The molecule has 0 unspecified atom stereocenters. The zero-order valence-electron chi connectivity index (χ0n) is 13.4. The predicted molar refractivity (Wildman–Crippen MR) is 88.0 cm³/mol. The Balaban J connectivity index is 1.81. The maximum atomic E-state index is 12.4. The number of fused-ring (bicyclic) bond motifs is 1. The first kappa shape index (κ1) is 15.1. The van der Waals surface area contributed by atoms with Crippen LogP contribution in [0.5, 0.6) is 0 Å². The molecule has 23 heavy (non-hydrogen) atoms. The van der Waals surface area contributed by atoms with Gasteiger partial charge in [0.15, 0.2) is 5.65 Å². The van der Waals surface area contributed by atoms with Crippen molar-refractivity contribution in [1.29, 1.82) is 0 Å². The average molecular weight is 309 g/mol. The number of amides is 1. The molecule has 1 amide bonds. The van der Waals surface area contributed by atoms with Crippen molar-refractivity contribution < 1.29 is 4.79 Å². The molecule has 0 saturated heterocycles. The highest BCUT2D eigenvalue weighted by atomic mass is 16.1. The van der Waals surface area contributed by atoms with Crippen LogP contribution in [0.4, 0.5) is 0 Å². The van der Waals surface area contributed by atoms with Gasteiger partial charge in [-0.2, -0.15) is 5.10 Å². The Labute approximate surface area is 134 Å². The van der Waals surface area contributed by atoms with Crippen LogP contribution in [-0.2, 0) is 0 Å². The monoisotopic (exact) mass is 309 g/mol. The summed E-state index contributed by atoms with van der Waals surface area (Å²) in [5.74, 6) is -0.152. The zero-order valence-corrected chi connectivity index (χ0v) is 13.4. The normalized spacial score (nSPS) is 12.5. The fraction of sp³-hybridized carbons (Fsp3) is 0.294. The molecule has 0 aliphatic carbocycles. The summed E-state index contributed by atoms with van der Waals surface area (Å²) in [6, 6.07) is 5.73. The van der Waals surface area contributed by atoms with E-state index < -0.39 is 0 Å². The van der Waals surface area contributed by atoms with Gasteiger partial charge in [-0.05, 0) is 44.5 Å². The number of hydrogen-bond donors (Lipinski definition) is 1. The summed E-state index contributed by atoms with van der Waals surface area (Å²) < 4.78 is 1.84. The lowest BCUT2D eigenvalue weighted by Gasteiger charge is -2.14. The molecule has 6 nitrogen and oxygen atoms in total. The van der Waals surface area contributed by atoms with Crippen molar-refractivity contribution in [3.05, 3.63) is 54.1 Å². The van der Waals surface area contributed by atoms with E-state index in [-0.39, 0.29) is 18.0 Å². The molecule has 0 spiro atoms. The molecule has 3 heterocycles. The van der Waals surface area contributed by atoms with Gasteiger partial charge in [-0.3, -0.25) is 9.78 Å². The Morgan fingerprint density at radius 2 is 1.91 bits per heavy atom. The molecule has 0 aromatic carbocycles. The predicted octanol–water partition coefficient (Wildman–Crippen LogP) is 2.90. The third kappa shape index (κ3) is 3.06. The lowest BCUT2D eigenvalue weighted by Crippen LogP contribution is -2.26. The highest BCUT2D eigenvalue weighted by molar-refractivity contribution is 5.97. The van der Waals surface area contributed by atoms with Crippen LogP contribution in [0.2, 0.25) is 0 Å². The van der Waals surface area contributed by atoms with Crippen molar-refractivity contribution in [3.63, 3.8) is 0 Å². The number of carbonyl (C=O) groups excluding carboxylic acids is 1. The second kappa shape index (κ2) is 6.16. The molecule has 0 bridgehead atoms. The van der Waals surface area contributed by atoms with Crippen molar-refractivity contribution in [2.45, 2.75) is 32.9 Å². The quantitative estimate of drug-likeness (QED) is 0.804. The van der Waals surface area contributed by atoms with Gasteiger partial charge in [-0.25, -0.2) is 9.67 Å². The summed E-state index contributed by atoms with van der Waals surface area (Å²) in [5, 5.41) is 8.16. The Morgan fingerprint density at radius 1 is 1.17 bits per heavy atom. The molecule has 1 N–H and O–H groups in total. The van der Waals surface area contributed by atoms with Crippen LogP contribution in [-0.4, -0.2) is 25.7 Å². The summed E-state index contributed by atoms with van der Waals surface area (Å²) >= 11 is 0. The molecule has 0 aliphatic rings. The molecular formula is C17H19N5O. The maximum absolute atomic E-state index is 12.4. The molecule has 3 rings (SSSR count). The molecule has 6 heteroatoms. The van der Waals surface area contributed by atoms with Crippen LogP contribution in [0.15, 0.2) is 43.0 Å². The molecule has 3 aromatic heterocycles. The number of hydrogen-bond acceptors (Lipinski definition) is 4. The van der Waals surface area contributed by atoms with E-state index in [9.17, 15) is 4.79 Å². The molecule has 118 valence electrons. The third-order valence-corrected chi connectivity index (χ3v) is 3.74. The first-order valence-corrected chi connectivity index (χ1v) is 7.60. The van der Waals surface area contributed by atoms with E-state index >= 15 is 0 Å². The van der Waals surface area contributed by atoms with Gasteiger partial charge < -0.3 is 5.32 Å². The van der Waals surface area contributed by atoms with Gasteiger partial charge in [0.05, 0.1) is 17.8 Å². The van der Waals surface area contributed by atoms with E-state index in [1.807, 2.05) is 43.7 Å². The summed E-state index contributed by atoms with van der Waals surface area (Å²) in [4.78, 5) is 20.8. The molecule has 0 saturated carbocycles. The van der Waals surface area contributed by atoms with Gasteiger partial charge in [0, 0.05) is 30.0 Å². The van der Waals surface area contributed by atoms with Crippen molar-refractivity contribution in [1.82, 2.24) is 25.1 Å². The van der Waals surface area contributed by atoms with Crippen molar-refractivity contribution in [3.8, 4) is 0 Å². The van der Waals surface area contributed by atoms with Crippen LogP contribution in [0.1, 0.15) is 48.8 Å². The molecule has 1 atom stereocenters. The lowest BCUT2D eigenvalue weighted by atomic mass is 10.1. The Kier molecular flexibility index (Phi) is 4.06. The molecular weight excluding hydrogens is 290 g/mol. The van der Waals surface area contributed by atoms with E-state index in [1.165, 1.54) is 0 Å². The minimum atomic E-state index is -0.152. The SMILES string of the molecule is CC(C)n1ncc2cc(C(=O)N[C@@H](C)c3ccncc3)cnc21. The first-order chi connectivity index (χ1) is 11.1. The smallest absolute Gasteiger partial charge is 0.253 e. The Bertz CT molecular complexity index is 825. The van der Waals surface area contributed by atoms with Gasteiger partial charge in [0.1, 0.15) is 0 Å². The Hall–Kier alpha value is -2.76. The van der Waals surface area contributed by atoms with Crippen LogP contribution in [0.25, 0.3) is 11.0 Å². The fourth-order valence-corrected chi connectivity index (χ4v) is 2.46. The van der Waals surface area contributed by atoms with Gasteiger partial charge in [-0.1, -0.05) is 0 Å². The largest absolute Gasteiger partial charge is 0.345 e. The Morgan fingerprint density at radius 3 is 2.61 bits per heavy atom. The van der Waals surface area contributed by atoms with E-state index in [4.69, 9.17) is 0 Å². The number of aromatic nitrogens is 4. The van der Waals surface area contributed by atoms with Crippen LogP contribution in [0.3, 0.4) is 0 Å². The number of carbonyl (C=O) groups is 1. The highest BCUT2D eigenvalue weighted by Gasteiger charge is 2.14. The minimum absolute atomic E-state index is 0.0976. The summed E-state index contributed by atoms with van der Waals surface area (Å²) in [7, 11) is 0. The van der Waals surface area contributed by atoms with E-state index in [0.29, 0.717) is 5.56 Å². The van der Waals surface area contributed by atoms with Crippen LogP contribution in [0, 0.1) is 0 Å². The lowest BCUT2D eigenvalue weighted by molar-refractivity contribution is 0.0939. The minimum Gasteiger partial charge on any atom is -0.345 e. The van der Waals surface area contributed by atoms with Gasteiger partial charge in [-0.15, -0.1) is 0 Å². The number of nitrogens with one attached hydrogen (secondary N) is 1.